The van der Waals surface area contributed by atoms with Crippen LogP contribution < -0.4 is 5.32 Å². The Morgan fingerprint density at radius 3 is 2.58 bits per heavy atom. The zero-order valence-electron chi connectivity index (χ0n) is 14.2. The molecule has 1 unspecified atom stereocenters. The van der Waals surface area contributed by atoms with Gasteiger partial charge >= 0.3 is 12.1 Å². The molecule has 24 heavy (non-hydrogen) atoms. The SMILES string of the molecule is CN(C)CCCSCCC(NC(=O)OCc1ccccc1)C(=O)O. The number of carboxylic acid groups (broad SMARTS) is 1. The standard InChI is InChI=1S/C17H26N2O4S/c1-19(2)10-6-11-24-12-9-15(16(20)21)18-17(22)23-13-14-7-4-3-5-8-14/h3-5,7-8,15H,6,9-13H2,1-2H3,(H,18,22)(H,20,21). The van der Waals surface area contributed by atoms with Crippen molar-refractivity contribution in [3.8, 4) is 0 Å². The van der Waals surface area contributed by atoms with Crippen molar-refractivity contribution in [2.45, 2.75) is 25.5 Å². The molecular formula is C17H26N2O4S. The molecule has 0 aliphatic carbocycles. The van der Waals surface area contributed by atoms with Crippen LogP contribution in [0.5, 0.6) is 0 Å². The van der Waals surface area contributed by atoms with Gasteiger partial charge in [0, 0.05) is 0 Å². The third kappa shape index (κ3) is 9.42. The van der Waals surface area contributed by atoms with Crippen LogP contribution in [0, 0.1) is 0 Å². The van der Waals surface area contributed by atoms with Crippen LogP contribution in [-0.4, -0.2) is 60.3 Å². The molecule has 0 fully saturated rings. The van der Waals surface area contributed by atoms with Gasteiger partial charge in [-0.2, -0.15) is 11.8 Å². The van der Waals surface area contributed by atoms with E-state index in [4.69, 9.17) is 4.74 Å². The molecule has 1 atom stereocenters. The maximum atomic E-state index is 11.7. The number of carbonyl (C=O) groups excluding carboxylic acids is 1. The van der Waals surface area contributed by atoms with Gasteiger partial charge in [0.25, 0.3) is 0 Å². The Balaban J connectivity index is 2.24. The average molecular weight is 354 g/mol. The van der Waals surface area contributed by atoms with Gasteiger partial charge in [-0.25, -0.2) is 9.59 Å². The predicted octanol–water partition coefficient (Wildman–Crippen LogP) is 2.44. The highest BCUT2D eigenvalue weighted by molar-refractivity contribution is 7.99. The van der Waals surface area contributed by atoms with Crippen LogP contribution in [0.2, 0.25) is 0 Å². The molecule has 1 rings (SSSR count). The normalized spacial score (nSPS) is 12.0. The molecule has 134 valence electrons. The van der Waals surface area contributed by atoms with Crippen molar-refractivity contribution in [1.82, 2.24) is 10.2 Å². The number of benzene rings is 1. The van der Waals surface area contributed by atoms with E-state index in [9.17, 15) is 14.7 Å². The monoisotopic (exact) mass is 354 g/mol. The minimum atomic E-state index is -1.04. The first-order valence-electron chi connectivity index (χ1n) is 7.91. The lowest BCUT2D eigenvalue weighted by Gasteiger charge is -2.14. The van der Waals surface area contributed by atoms with E-state index in [1.54, 1.807) is 11.8 Å². The fourth-order valence-electron chi connectivity index (χ4n) is 1.95. The molecule has 7 heteroatoms. The van der Waals surface area contributed by atoms with Crippen LogP contribution in [0.1, 0.15) is 18.4 Å². The Hall–Kier alpha value is -1.73. The molecule has 1 aromatic rings. The molecule has 1 amide bonds. The quantitative estimate of drug-likeness (QED) is 0.594. The van der Waals surface area contributed by atoms with Crippen molar-refractivity contribution in [3.63, 3.8) is 0 Å². The molecule has 0 heterocycles. The summed E-state index contributed by atoms with van der Waals surface area (Å²) in [5.41, 5.74) is 0.857. The molecule has 0 radical (unpaired) electrons. The van der Waals surface area contributed by atoms with E-state index in [2.05, 4.69) is 10.2 Å². The van der Waals surface area contributed by atoms with Gasteiger partial charge in [0.2, 0.25) is 0 Å². The van der Waals surface area contributed by atoms with Gasteiger partial charge in [0.15, 0.2) is 0 Å². The van der Waals surface area contributed by atoms with Gasteiger partial charge in [-0.15, -0.1) is 0 Å². The van der Waals surface area contributed by atoms with Gasteiger partial charge in [-0.3, -0.25) is 0 Å². The van der Waals surface area contributed by atoms with Crippen LogP contribution in [0.25, 0.3) is 0 Å². The van der Waals surface area contributed by atoms with Crippen LogP contribution in [-0.2, 0) is 16.1 Å². The minimum Gasteiger partial charge on any atom is -0.480 e. The Morgan fingerprint density at radius 2 is 1.96 bits per heavy atom. The van der Waals surface area contributed by atoms with Crippen LogP contribution in [0.3, 0.4) is 0 Å². The fraction of sp³-hybridized carbons (Fsp3) is 0.529. The first-order valence-corrected chi connectivity index (χ1v) is 9.07. The van der Waals surface area contributed by atoms with Crippen molar-refractivity contribution in [2.75, 3.05) is 32.1 Å². The Kier molecular flexibility index (Phi) is 9.95. The number of nitrogens with one attached hydrogen (secondary N) is 1. The molecule has 0 aromatic heterocycles. The molecule has 0 aliphatic heterocycles. The zero-order chi connectivity index (χ0) is 17.8. The lowest BCUT2D eigenvalue weighted by atomic mass is 10.2. The Labute approximate surface area is 147 Å². The van der Waals surface area contributed by atoms with Crippen LogP contribution in [0.4, 0.5) is 4.79 Å². The van der Waals surface area contributed by atoms with Gasteiger partial charge in [-0.05, 0) is 50.6 Å². The number of aliphatic carboxylic acids is 1. The van der Waals surface area contributed by atoms with E-state index in [0.29, 0.717) is 12.2 Å². The second-order valence-corrected chi connectivity index (χ2v) is 6.88. The summed E-state index contributed by atoms with van der Waals surface area (Å²) in [4.78, 5) is 25.1. The first-order chi connectivity index (χ1) is 11.5. The van der Waals surface area contributed by atoms with E-state index in [1.165, 1.54) is 0 Å². The lowest BCUT2D eigenvalue weighted by molar-refractivity contribution is -0.139. The van der Waals surface area contributed by atoms with Crippen LogP contribution in [0.15, 0.2) is 30.3 Å². The number of carbonyl (C=O) groups is 2. The molecule has 0 bridgehead atoms. The van der Waals surface area contributed by atoms with Gasteiger partial charge in [0.05, 0.1) is 0 Å². The lowest BCUT2D eigenvalue weighted by Crippen LogP contribution is -2.41. The molecule has 0 spiro atoms. The smallest absolute Gasteiger partial charge is 0.408 e. The van der Waals surface area contributed by atoms with E-state index < -0.39 is 18.1 Å². The number of amides is 1. The first kappa shape index (κ1) is 20.3. The number of thioether (sulfide) groups is 1. The number of alkyl carbamates (subject to hydrolysis) is 1. The molecule has 0 aliphatic rings. The van der Waals surface area contributed by atoms with Crippen molar-refractivity contribution in [2.24, 2.45) is 0 Å². The van der Waals surface area contributed by atoms with E-state index in [-0.39, 0.29) is 6.61 Å². The minimum absolute atomic E-state index is 0.123. The third-order valence-electron chi connectivity index (χ3n) is 3.25. The molecule has 0 saturated heterocycles. The summed E-state index contributed by atoms with van der Waals surface area (Å²) in [7, 11) is 4.05. The second kappa shape index (κ2) is 11.8. The maximum Gasteiger partial charge on any atom is 0.408 e. The molecule has 2 N–H and O–H groups in total. The number of rotatable bonds is 11. The van der Waals surface area contributed by atoms with Gasteiger partial charge in [-0.1, -0.05) is 30.3 Å². The summed E-state index contributed by atoms with van der Waals surface area (Å²) in [6.07, 6.45) is 0.730. The van der Waals surface area contributed by atoms with Gasteiger partial charge < -0.3 is 20.1 Å². The third-order valence-corrected chi connectivity index (χ3v) is 4.35. The van der Waals surface area contributed by atoms with Gasteiger partial charge in [0.1, 0.15) is 12.6 Å². The number of carboxylic acids is 1. The fourth-order valence-corrected chi connectivity index (χ4v) is 2.89. The summed E-state index contributed by atoms with van der Waals surface area (Å²) >= 11 is 1.70. The predicted molar refractivity (Wildman–Crippen MR) is 96.3 cm³/mol. The number of hydrogen-bond acceptors (Lipinski definition) is 5. The van der Waals surface area contributed by atoms with Crippen molar-refractivity contribution in [3.05, 3.63) is 35.9 Å². The molecule has 6 nitrogen and oxygen atoms in total. The number of hydrogen-bond donors (Lipinski definition) is 2. The Bertz CT molecular complexity index is 497. The highest BCUT2D eigenvalue weighted by Crippen LogP contribution is 2.08. The Morgan fingerprint density at radius 1 is 1.25 bits per heavy atom. The zero-order valence-corrected chi connectivity index (χ0v) is 15.1. The summed E-state index contributed by atoms with van der Waals surface area (Å²) in [6.45, 7) is 1.14. The topological polar surface area (TPSA) is 78.9 Å². The van der Waals surface area contributed by atoms with Crippen molar-refractivity contribution < 1.29 is 19.4 Å². The summed E-state index contributed by atoms with van der Waals surface area (Å²) < 4.78 is 5.05. The van der Waals surface area contributed by atoms with Crippen LogP contribution >= 0.6 is 11.8 Å². The number of nitrogens with zero attached hydrogens (tertiary/aromatic N) is 1. The number of ether oxygens (including phenoxy) is 1. The van der Waals surface area contributed by atoms with E-state index in [1.807, 2.05) is 44.4 Å². The van der Waals surface area contributed by atoms with E-state index >= 15 is 0 Å². The molecular weight excluding hydrogens is 328 g/mol. The average Bonchev–Trinajstić information content (AvgIpc) is 2.55. The van der Waals surface area contributed by atoms with Crippen molar-refractivity contribution in [1.29, 1.82) is 0 Å². The maximum absolute atomic E-state index is 11.7. The summed E-state index contributed by atoms with van der Waals surface area (Å²) in [5, 5.41) is 11.6. The largest absolute Gasteiger partial charge is 0.480 e. The van der Waals surface area contributed by atoms with E-state index in [0.717, 1.165) is 24.3 Å². The molecule has 0 saturated carbocycles. The van der Waals surface area contributed by atoms with Crippen molar-refractivity contribution >= 4 is 23.8 Å². The molecule has 1 aromatic carbocycles. The highest BCUT2D eigenvalue weighted by Gasteiger charge is 2.20. The summed E-state index contributed by atoms with van der Waals surface area (Å²) in [6, 6.07) is 8.34. The summed E-state index contributed by atoms with van der Waals surface area (Å²) in [5.74, 6) is 0.618. The second-order valence-electron chi connectivity index (χ2n) is 5.65. The highest BCUT2D eigenvalue weighted by atomic mass is 32.2.